The van der Waals surface area contributed by atoms with Crippen molar-refractivity contribution in [2.75, 3.05) is 18.0 Å². The number of halogens is 1. The Morgan fingerprint density at radius 1 is 1.11 bits per heavy atom. The number of phenolic OH excluding ortho intramolecular Hbond substituents is 1. The molecule has 0 fully saturated rings. The Morgan fingerprint density at radius 3 is 2.43 bits per heavy atom. The Balaban J connectivity index is 1.67. The number of carbonyl (C=O) groups excluding carboxylic acids is 2. The van der Waals surface area contributed by atoms with Crippen LogP contribution in [0.2, 0.25) is 5.15 Å². The summed E-state index contributed by atoms with van der Waals surface area (Å²) in [4.78, 5) is 38.8. The van der Waals surface area contributed by atoms with E-state index in [0.29, 0.717) is 6.54 Å². The molecule has 0 aliphatic carbocycles. The lowest BCUT2D eigenvalue weighted by atomic mass is 10.1. The van der Waals surface area contributed by atoms with Crippen LogP contribution in [0.3, 0.4) is 0 Å². The first-order valence-electron chi connectivity index (χ1n) is 11.0. The van der Waals surface area contributed by atoms with Gasteiger partial charge in [0.15, 0.2) is 34.0 Å². The van der Waals surface area contributed by atoms with Gasteiger partial charge < -0.3 is 32.0 Å². The molecule has 186 valence electrons. The molecule has 0 radical (unpaired) electrons. The summed E-state index contributed by atoms with van der Waals surface area (Å²) in [6.45, 7) is 5.65. The van der Waals surface area contributed by atoms with Gasteiger partial charge in [0.2, 0.25) is 5.91 Å². The van der Waals surface area contributed by atoms with Crippen LogP contribution in [0.25, 0.3) is 10.8 Å². The normalized spacial score (nSPS) is 12.8. The molecule has 3 aromatic rings. The number of nitrogens with two attached hydrogens (primary N) is 2. The van der Waals surface area contributed by atoms with Crippen LogP contribution < -0.4 is 26.9 Å². The fraction of sp³-hybridized carbons (Fsp3) is 0.304. The number of carbonyl (C=O) groups is 2. The highest BCUT2D eigenvalue weighted by atomic mass is 35.5. The molecule has 12 heteroatoms. The molecule has 1 aromatic heterocycles. The number of nitrogen functional groups attached to an aromatic ring is 2. The average Bonchev–Trinajstić information content (AvgIpc) is 2.81. The monoisotopic (exact) mass is 501 g/mol. The van der Waals surface area contributed by atoms with E-state index in [1.54, 1.807) is 24.1 Å². The number of amides is 2. The third-order valence-electron chi connectivity index (χ3n) is 5.13. The van der Waals surface area contributed by atoms with E-state index in [9.17, 15) is 14.7 Å². The van der Waals surface area contributed by atoms with Crippen LogP contribution in [-0.4, -0.2) is 50.7 Å². The smallest absolute Gasteiger partial charge is 0.274 e. The van der Waals surface area contributed by atoms with Crippen LogP contribution in [0.15, 0.2) is 36.4 Å². The van der Waals surface area contributed by atoms with Crippen molar-refractivity contribution in [1.29, 1.82) is 0 Å². The molecule has 1 heterocycles. The Kier molecular flexibility index (Phi) is 8.15. The highest BCUT2D eigenvalue weighted by Crippen LogP contribution is 2.32. The molecular formula is C23H28ClN7O4. The van der Waals surface area contributed by atoms with Gasteiger partial charge in [-0.1, -0.05) is 42.8 Å². The van der Waals surface area contributed by atoms with Gasteiger partial charge in [-0.2, -0.15) is 0 Å². The van der Waals surface area contributed by atoms with Crippen LogP contribution in [0.4, 0.5) is 11.6 Å². The third kappa shape index (κ3) is 6.19. The number of hydroxylamine groups is 2. The van der Waals surface area contributed by atoms with E-state index in [0.717, 1.165) is 17.2 Å². The Morgan fingerprint density at radius 2 is 1.77 bits per heavy atom. The molecular weight excluding hydrogens is 474 g/mol. The number of nitrogens with one attached hydrogen (secondary N) is 2. The first kappa shape index (κ1) is 25.8. The molecule has 11 nitrogen and oxygen atoms in total. The van der Waals surface area contributed by atoms with E-state index in [4.69, 9.17) is 27.9 Å². The average molecular weight is 502 g/mol. The summed E-state index contributed by atoms with van der Waals surface area (Å²) in [6.07, 6.45) is 0.125. The topological polar surface area (TPSA) is 169 Å². The second kappa shape index (κ2) is 11.1. The number of hydrogen-bond donors (Lipinski definition) is 5. The van der Waals surface area contributed by atoms with Gasteiger partial charge >= 0.3 is 0 Å². The third-order valence-corrected chi connectivity index (χ3v) is 5.41. The van der Waals surface area contributed by atoms with E-state index in [-0.39, 0.29) is 34.0 Å². The van der Waals surface area contributed by atoms with Crippen molar-refractivity contribution in [1.82, 2.24) is 25.7 Å². The van der Waals surface area contributed by atoms with Gasteiger partial charge in [0.05, 0.1) is 0 Å². The standard InChI is InChI=1S/C23H28ClN7O4/c1-4-9-31(35-17-11-15-8-6-5-7-14(15)10-16(17)32)13(3)28-22(33)12(2)27-23(34)18-20(25)30-21(26)19(24)29-18/h5-8,10-13,32H,4,9H2,1-3H3,(H,27,34)(H,28,33)(H4,25,26,30)/t12-,13?/m0/s1. The minimum Gasteiger partial charge on any atom is -0.504 e. The maximum atomic E-state index is 12.8. The van der Waals surface area contributed by atoms with Crippen LogP contribution in [-0.2, 0) is 4.79 Å². The zero-order chi connectivity index (χ0) is 25.7. The molecule has 0 spiro atoms. The number of aromatic hydroxyl groups is 1. The highest BCUT2D eigenvalue weighted by molar-refractivity contribution is 6.31. The van der Waals surface area contributed by atoms with Gasteiger partial charge in [0.1, 0.15) is 12.2 Å². The number of fused-ring (bicyclic) bond motifs is 1. The summed E-state index contributed by atoms with van der Waals surface area (Å²) >= 11 is 5.82. The summed E-state index contributed by atoms with van der Waals surface area (Å²) in [7, 11) is 0. The fourth-order valence-electron chi connectivity index (χ4n) is 3.29. The van der Waals surface area contributed by atoms with E-state index >= 15 is 0 Å². The van der Waals surface area contributed by atoms with Gasteiger partial charge in [-0.3, -0.25) is 9.59 Å². The second-order valence-electron chi connectivity index (χ2n) is 7.91. The predicted octanol–water partition coefficient (Wildman–Crippen LogP) is 2.44. The van der Waals surface area contributed by atoms with Crippen LogP contribution in [0.5, 0.6) is 11.5 Å². The molecule has 0 saturated heterocycles. The van der Waals surface area contributed by atoms with Gasteiger partial charge in [-0.05, 0) is 43.2 Å². The Bertz CT molecular complexity index is 1240. The number of phenols is 1. The summed E-state index contributed by atoms with van der Waals surface area (Å²) < 4.78 is 0. The number of hydrogen-bond acceptors (Lipinski definition) is 9. The van der Waals surface area contributed by atoms with E-state index in [1.807, 2.05) is 31.2 Å². The van der Waals surface area contributed by atoms with Gasteiger partial charge in [-0.25, -0.2) is 9.97 Å². The van der Waals surface area contributed by atoms with E-state index in [2.05, 4.69) is 20.6 Å². The minimum absolute atomic E-state index is 0.0233. The van der Waals surface area contributed by atoms with Crippen molar-refractivity contribution in [2.45, 2.75) is 39.4 Å². The summed E-state index contributed by atoms with van der Waals surface area (Å²) in [5.41, 5.74) is 11.0. The molecule has 2 amide bonds. The van der Waals surface area contributed by atoms with Crippen LogP contribution in [0, 0.1) is 0 Å². The fourth-order valence-corrected chi connectivity index (χ4v) is 3.41. The summed E-state index contributed by atoms with van der Waals surface area (Å²) in [5, 5.41) is 18.9. The molecule has 2 aromatic carbocycles. The van der Waals surface area contributed by atoms with E-state index in [1.165, 1.54) is 6.92 Å². The molecule has 35 heavy (non-hydrogen) atoms. The number of aromatic nitrogens is 2. The zero-order valence-corrected chi connectivity index (χ0v) is 20.3. The summed E-state index contributed by atoms with van der Waals surface area (Å²) in [5.74, 6) is -1.28. The van der Waals surface area contributed by atoms with Crippen LogP contribution >= 0.6 is 11.6 Å². The number of benzene rings is 2. The first-order chi connectivity index (χ1) is 16.6. The van der Waals surface area contributed by atoms with Crippen LogP contribution in [0.1, 0.15) is 37.7 Å². The van der Waals surface area contributed by atoms with Gasteiger partial charge in [0, 0.05) is 6.54 Å². The van der Waals surface area contributed by atoms with Crippen molar-refractivity contribution in [3.8, 4) is 11.5 Å². The molecule has 0 saturated carbocycles. The van der Waals surface area contributed by atoms with Crippen molar-refractivity contribution < 1.29 is 19.5 Å². The SMILES string of the molecule is CCCN(Oc1cc2ccccc2cc1O)C(C)NC(=O)[C@H](C)NC(=O)c1nc(Cl)c(N)nc1N. The quantitative estimate of drug-likeness (QED) is 0.218. The lowest BCUT2D eigenvalue weighted by Gasteiger charge is -2.30. The molecule has 3 rings (SSSR count). The molecule has 7 N–H and O–H groups in total. The summed E-state index contributed by atoms with van der Waals surface area (Å²) in [6, 6.07) is 9.97. The molecule has 0 aliphatic heterocycles. The molecule has 1 unspecified atom stereocenters. The van der Waals surface area contributed by atoms with Gasteiger partial charge in [-0.15, -0.1) is 5.06 Å². The maximum absolute atomic E-state index is 12.8. The molecule has 0 aliphatic rings. The molecule has 2 atom stereocenters. The maximum Gasteiger partial charge on any atom is 0.274 e. The predicted molar refractivity (Wildman–Crippen MR) is 134 cm³/mol. The van der Waals surface area contributed by atoms with Crippen molar-refractivity contribution in [3.63, 3.8) is 0 Å². The Labute approximate surface area is 207 Å². The number of anilines is 2. The largest absolute Gasteiger partial charge is 0.504 e. The number of nitrogens with zero attached hydrogens (tertiary/aromatic N) is 3. The molecule has 0 bridgehead atoms. The lowest BCUT2D eigenvalue weighted by Crippen LogP contribution is -2.53. The lowest BCUT2D eigenvalue weighted by molar-refractivity contribution is -0.134. The Hall–Kier alpha value is -3.83. The van der Waals surface area contributed by atoms with E-state index < -0.39 is 24.0 Å². The van der Waals surface area contributed by atoms with Crippen molar-refractivity contribution in [3.05, 3.63) is 47.2 Å². The van der Waals surface area contributed by atoms with Gasteiger partial charge in [0.25, 0.3) is 5.91 Å². The second-order valence-corrected chi connectivity index (χ2v) is 8.27. The number of rotatable bonds is 9. The minimum atomic E-state index is -0.944. The van der Waals surface area contributed by atoms with Crippen molar-refractivity contribution >= 4 is 45.8 Å². The highest BCUT2D eigenvalue weighted by Gasteiger charge is 2.25. The van der Waals surface area contributed by atoms with Crippen molar-refractivity contribution in [2.24, 2.45) is 0 Å². The first-order valence-corrected chi connectivity index (χ1v) is 11.3. The zero-order valence-electron chi connectivity index (χ0n) is 19.6.